The molecular weight excluding hydrogens is 194 g/mol. The van der Waals surface area contributed by atoms with Crippen LogP contribution in [0.4, 0.5) is 0 Å². The highest BCUT2D eigenvalue weighted by Gasteiger charge is 2.31. The van der Waals surface area contributed by atoms with E-state index in [4.69, 9.17) is 0 Å². The fourth-order valence-electron chi connectivity index (χ4n) is 2.09. The van der Waals surface area contributed by atoms with Gasteiger partial charge in [-0.1, -0.05) is 0 Å². The van der Waals surface area contributed by atoms with Crippen LogP contribution in [0, 0.1) is 0 Å². The van der Waals surface area contributed by atoms with E-state index in [1.165, 1.54) is 0 Å². The lowest BCUT2D eigenvalue weighted by atomic mass is 9.89. The molecule has 2 heterocycles. The smallest absolute Gasteiger partial charge is 0.327 e. The highest BCUT2D eigenvalue weighted by molar-refractivity contribution is 5.70. The molecule has 15 heavy (non-hydrogen) atoms. The summed E-state index contributed by atoms with van der Waals surface area (Å²) in [6.45, 7) is 0. The van der Waals surface area contributed by atoms with E-state index in [9.17, 15) is 9.90 Å². The van der Waals surface area contributed by atoms with Crippen molar-refractivity contribution in [1.29, 1.82) is 0 Å². The Morgan fingerprint density at radius 3 is 3.07 bits per heavy atom. The fourth-order valence-corrected chi connectivity index (χ4v) is 2.09. The van der Waals surface area contributed by atoms with Gasteiger partial charge in [-0.3, -0.25) is 9.55 Å². The molecule has 0 spiro atoms. The fraction of sp³-hybridized carbons (Fsp3) is 0.400. The van der Waals surface area contributed by atoms with Gasteiger partial charge in [0.25, 0.3) is 0 Å². The minimum Gasteiger partial charge on any atom is -0.393 e. The SMILES string of the molecule is O=c1[nH]c2ncccc2n1C1CC(O)C1. The molecule has 1 fully saturated rings. The predicted octanol–water partition coefficient (Wildman–Crippen LogP) is 0.420. The van der Waals surface area contributed by atoms with E-state index in [1.54, 1.807) is 16.8 Å². The van der Waals surface area contributed by atoms with Crippen molar-refractivity contribution in [3.63, 3.8) is 0 Å². The van der Waals surface area contributed by atoms with E-state index in [1.807, 2.05) is 6.07 Å². The Hall–Kier alpha value is -1.62. The molecule has 0 atom stereocenters. The largest absolute Gasteiger partial charge is 0.393 e. The van der Waals surface area contributed by atoms with Crippen molar-refractivity contribution in [1.82, 2.24) is 14.5 Å². The summed E-state index contributed by atoms with van der Waals surface area (Å²) in [6, 6.07) is 3.79. The standard InChI is InChI=1S/C10H11N3O2/c14-7-4-6(5-7)13-8-2-1-3-11-9(8)12-10(13)15/h1-3,6-7,14H,4-5H2,(H,11,12,15). The Kier molecular flexibility index (Phi) is 1.70. The molecule has 2 N–H and O–H groups in total. The van der Waals surface area contributed by atoms with Crippen molar-refractivity contribution >= 4 is 11.2 Å². The number of aliphatic hydroxyl groups is 1. The van der Waals surface area contributed by atoms with Gasteiger partial charge in [-0.25, -0.2) is 9.78 Å². The summed E-state index contributed by atoms with van der Waals surface area (Å²) < 4.78 is 1.69. The molecule has 0 amide bonds. The maximum Gasteiger partial charge on any atom is 0.327 e. The van der Waals surface area contributed by atoms with Crippen LogP contribution in [0.3, 0.4) is 0 Å². The van der Waals surface area contributed by atoms with Crippen LogP contribution in [0.25, 0.3) is 11.2 Å². The molecule has 78 valence electrons. The number of hydrogen-bond acceptors (Lipinski definition) is 3. The Morgan fingerprint density at radius 2 is 2.33 bits per heavy atom. The summed E-state index contributed by atoms with van der Waals surface area (Å²) in [4.78, 5) is 18.5. The Balaban J connectivity index is 2.17. The molecule has 2 aromatic rings. The maximum atomic E-state index is 11.7. The maximum absolute atomic E-state index is 11.7. The highest BCUT2D eigenvalue weighted by atomic mass is 16.3. The van der Waals surface area contributed by atoms with Crippen molar-refractivity contribution in [2.24, 2.45) is 0 Å². The van der Waals surface area contributed by atoms with Gasteiger partial charge in [0, 0.05) is 12.2 Å². The minimum atomic E-state index is -0.261. The van der Waals surface area contributed by atoms with E-state index >= 15 is 0 Å². The summed E-state index contributed by atoms with van der Waals surface area (Å²) in [6.07, 6.45) is 2.70. The molecule has 0 aromatic carbocycles. The normalized spacial score (nSPS) is 25.4. The third-order valence-corrected chi connectivity index (χ3v) is 2.94. The number of rotatable bonds is 1. The summed E-state index contributed by atoms with van der Waals surface area (Å²) in [5, 5.41) is 9.24. The lowest BCUT2D eigenvalue weighted by Gasteiger charge is -2.32. The van der Waals surface area contributed by atoms with Crippen molar-refractivity contribution in [2.75, 3.05) is 0 Å². The zero-order valence-electron chi connectivity index (χ0n) is 8.05. The summed E-state index contributed by atoms with van der Waals surface area (Å²) in [5.41, 5.74) is 1.30. The second-order valence-electron chi connectivity index (χ2n) is 3.95. The number of aromatic amines is 1. The number of fused-ring (bicyclic) bond motifs is 1. The van der Waals surface area contributed by atoms with Crippen molar-refractivity contribution in [3.05, 3.63) is 28.8 Å². The number of H-pyrrole nitrogens is 1. The number of nitrogens with zero attached hydrogens (tertiary/aromatic N) is 2. The van der Waals surface area contributed by atoms with Crippen LogP contribution in [0.1, 0.15) is 18.9 Å². The van der Waals surface area contributed by atoms with Gasteiger partial charge in [-0.2, -0.15) is 0 Å². The number of hydrogen-bond donors (Lipinski definition) is 2. The summed E-state index contributed by atoms with van der Waals surface area (Å²) in [5.74, 6) is 0. The lowest BCUT2D eigenvalue weighted by molar-refractivity contribution is 0.0489. The Morgan fingerprint density at radius 1 is 1.53 bits per heavy atom. The van der Waals surface area contributed by atoms with Crippen LogP contribution in [-0.4, -0.2) is 25.7 Å². The average molecular weight is 205 g/mol. The molecular formula is C10H11N3O2. The van der Waals surface area contributed by atoms with E-state index in [0.717, 1.165) is 5.52 Å². The second-order valence-corrected chi connectivity index (χ2v) is 3.95. The van der Waals surface area contributed by atoms with E-state index in [0.29, 0.717) is 18.5 Å². The number of aromatic nitrogens is 3. The first-order valence-electron chi connectivity index (χ1n) is 4.99. The monoisotopic (exact) mass is 205 g/mol. The minimum absolute atomic E-state index is 0.116. The molecule has 2 aromatic heterocycles. The molecule has 0 bridgehead atoms. The van der Waals surface area contributed by atoms with Gasteiger partial charge in [-0.05, 0) is 25.0 Å². The van der Waals surface area contributed by atoms with Gasteiger partial charge in [0.15, 0.2) is 5.65 Å². The van der Waals surface area contributed by atoms with Gasteiger partial charge < -0.3 is 5.11 Å². The Labute approximate surface area is 85.4 Å². The van der Waals surface area contributed by atoms with E-state index in [-0.39, 0.29) is 17.8 Å². The molecule has 5 nitrogen and oxygen atoms in total. The third kappa shape index (κ3) is 1.20. The highest BCUT2D eigenvalue weighted by Crippen LogP contribution is 2.32. The lowest BCUT2D eigenvalue weighted by Crippen LogP contribution is -2.35. The summed E-state index contributed by atoms with van der Waals surface area (Å²) >= 11 is 0. The molecule has 1 saturated carbocycles. The van der Waals surface area contributed by atoms with Gasteiger partial charge >= 0.3 is 5.69 Å². The average Bonchev–Trinajstić information content (AvgIpc) is 2.49. The van der Waals surface area contributed by atoms with Crippen LogP contribution < -0.4 is 5.69 Å². The van der Waals surface area contributed by atoms with Crippen LogP contribution >= 0.6 is 0 Å². The summed E-state index contributed by atoms with van der Waals surface area (Å²) in [7, 11) is 0. The third-order valence-electron chi connectivity index (χ3n) is 2.94. The zero-order chi connectivity index (χ0) is 10.4. The van der Waals surface area contributed by atoms with Gasteiger partial charge in [0.1, 0.15) is 0 Å². The van der Waals surface area contributed by atoms with Crippen molar-refractivity contribution in [3.8, 4) is 0 Å². The van der Waals surface area contributed by atoms with Gasteiger partial charge in [0.05, 0.1) is 11.6 Å². The van der Waals surface area contributed by atoms with Crippen molar-refractivity contribution in [2.45, 2.75) is 25.0 Å². The molecule has 0 aliphatic heterocycles. The molecule has 5 heteroatoms. The first-order valence-corrected chi connectivity index (χ1v) is 4.99. The molecule has 0 unspecified atom stereocenters. The second kappa shape index (κ2) is 2.93. The quantitative estimate of drug-likeness (QED) is 0.708. The van der Waals surface area contributed by atoms with Crippen LogP contribution in [0.2, 0.25) is 0 Å². The van der Waals surface area contributed by atoms with Crippen LogP contribution in [-0.2, 0) is 0 Å². The van der Waals surface area contributed by atoms with Gasteiger partial charge in [-0.15, -0.1) is 0 Å². The van der Waals surface area contributed by atoms with Crippen LogP contribution in [0.5, 0.6) is 0 Å². The zero-order valence-corrected chi connectivity index (χ0v) is 8.05. The number of imidazole rings is 1. The number of nitrogens with one attached hydrogen (secondary N) is 1. The van der Waals surface area contributed by atoms with Crippen LogP contribution in [0.15, 0.2) is 23.1 Å². The first-order chi connectivity index (χ1) is 7.25. The van der Waals surface area contributed by atoms with Crippen molar-refractivity contribution < 1.29 is 5.11 Å². The molecule has 0 radical (unpaired) electrons. The number of pyridine rings is 1. The topological polar surface area (TPSA) is 70.9 Å². The molecule has 3 rings (SSSR count). The first kappa shape index (κ1) is 8.67. The van der Waals surface area contributed by atoms with E-state index < -0.39 is 0 Å². The Bertz CT molecular complexity index is 551. The predicted molar refractivity (Wildman–Crippen MR) is 54.6 cm³/mol. The molecule has 1 aliphatic rings. The van der Waals surface area contributed by atoms with E-state index in [2.05, 4.69) is 9.97 Å². The molecule has 0 saturated heterocycles. The molecule has 1 aliphatic carbocycles. The number of aliphatic hydroxyl groups excluding tert-OH is 1. The van der Waals surface area contributed by atoms with Gasteiger partial charge in [0.2, 0.25) is 0 Å².